The lowest BCUT2D eigenvalue weighted by Gasteiger charge is -2.17. The molecule has 2 aromatic rings. The monoisotopic (exact) mass is 295 g/mol. The van der Waals surface area contributed by atoms with Crippen LogP contribution in [0.3, 0.4) is 0 Å². The Balaban J connectivity index is 2.10. The fraction of sp³-hybridized carbons (Fsp3) is 0.316. The van der Waals surface area contributed by atoms with Crippen LogP contribution in [0.1, 0.15) is 25.0 Å². The molecule has 0 aromatic heterocycles. The average molecular weight is 295 g/mol. The molecular formula is C19H25N3. The second-order valence-corrected chi connectivity index (χ2v) is 5.13. The molecule has 1 N–H and O–H groups in total. The lowest BCUT2D eigenvalue weighted by Crippen LogP contribution is -2.30. The third-order valence-corrected chi connectivity index (χ3v) is 3.72. The van der Waals surface area contributed by atoms with Gasteiger partial charge in [0.25, 0.3) is 0 Å². The van der Waals surface area contributed by atoms with E-state index in [9.17, 15) is 0 Å². The largest absolute Gasteiger partial charge is 0.308 e. The molecule has 3 nitrogen and oxygen atoms in total. The Hall–Kier alpha value is -2.13. The standard InChI is InChI=1S/C19H25N3/c1-3-22(4-2)16-15-20-21-19(17-11-7-5-8-12-17)18-13-9-6-10-14-18/h5-14,20H,3-4,15-16H2,1-2H3. The Morgan fingerprint density at radius 1 is 0.864 bits per heavy atom. The summed E-state index contributed by atoms with van der Waals surface area (Å²) in [6.07, 6.45) is 0. The van der Waals surface area contributed by atoms with Crippen LogP contribution in [0.2, 0.25) is 0 Å². The van der Waals surface area contributed by atoms with Gasteiger partial charge in [0.1, 0.15) is 0 Å². The Labute approximate surface area is 133 Å². The average Bonchev–Trinajstić information content (AvgIpc) is 2.60. The van der Waals surface area contributed by atoms with Crippen molar-refractivity contribution in [1.82, 2.24) is 10.3 Å². The summed E-state index contributed by atoms with van der Waals surface area (Å²) in [4.78, 5) is 2.38. The predicted octanol–water partition coefficient (Wildman–Crippen LogP) is 3.37. The van der Waals surface area contributed by atoms with Gasteiger partial charge in [-0.1, -0.05) is 74.5 Å². The molecule has 2 aromatic carbocycles. The van der Waals surface area contributed by atoms with Crippen molar-refractivity contribution in [3.8, 4) is 0 Å². The van der Waals surface area contributed by atoms with Crippen LogP contribution in [-0.4, -0.2) is 36.8 Å². The Bertz CT molecular complexity index is 518. The Morgan fingerprint density at radius 2 is 1.36 bits per heavy atom. The van der Waals surface area contributed by atoms with E-state index in [2.05, 4.69) is 53.5 Å². The third kappa shape index (κ3) is 4.71. The fourth-order valence-corrected chi connectivity index (χ4v) is 2.37. The molecule has 0 atom stereocenters. The molecule has 0 saturated heterocycles. The highest BCUT2D eigenvalue weighted by atomic mass is 15.3. The molecule has 0 fully saturated rings. The van der Waals surface area contributed by atoms with Crippen LogP contribution in [0.15, 0.2) is 65.8 Å². The van der Waals surface area contributed by atoms with E-state index < -0.39 is 0 Å². The molecule has 0 spiro atoms. The van der Waals surface area contributed by atoms with E-state index in [1.54, 1.807) is 0 Å². The van der Waals surface area contributed by atoms with Gasteiger partial charge in [0.05, 0.1) is 5.71 Å². The molecule has 0 aliphatic rings. The zero-order valence-corrected chi connectivity index (χ0v) is 13.5. The minimum absolute atomic E-state index is 0.852. The summed E-state index contributed by atoms with van der Waals surface area (Å²) in [5.41, 5.74) is 6.47. The molecule has 0 unspecified atom stereocenters. The van der Waals surface area contributed by atoms with Crippen LogP contribution in [0.5, 0.6) is 0 Å². The first-order valence-electron chi connectivity index (χ1n) is 7.99. The SMILES string of the molecule is CCN(CC)CCNN=C(c1ccccc1)c1ccccc1. The van der Waals surface area contributed by atoms with E-state index in [0.29, 0.717) is 0 Å². The first kappa shape index (κ1) is 16.2. The highest BCUT2D eigenvalue weighted by Crippen LogP contribution is 2.10. The Morgan fingerprint density at radius 3 is 1.82 bits per heavy atom. The van der Waals surface area contributed by atoms with E-state index in [1.807, 2.05) is 36.4 Å². The third-order valence-electron chi connectivity index (χ3n) is 3.72. The second kappa shape index (κ2) is 9.00. The van der Waals surface area contributed by atoms with Crippen molar-refractivity contribution < 1.29 is 0 Å². The van der Waals surface area contributed by atoms with Crippen LogP contribution in [0.25, 0.3) is 0 Å². The van der Waals surface area contributed by atoms with Gasteiger partial charge in [-0.2, -0.15) is 5.10 Å². The number of nitrogens with zero attached hydrogens (tertiary/aromatic N) is 2. The van der Waals surface area contributed by atoms with E-state index >= 15 is 0 Å². The summed E-state index contributed by atoms with van der Waals surface area (Å²) in [6, 6.07) is 20.6. The van der Waals surface area contributed by atoms with Gasteiger partial charge in [0.15, 0.2) is 0 Å². The maximum absolute atomic E-state index is 4.64. The van der Waals surface area contributed by atoms with Crippen molar-refractivity contribution in [2.24, 2.45) is 5.10 Å². The maximum Gasteiger partial charge on any atom is 0.0973 e. The molecule has 0 bridgehead atoms. The van der Waals surface area contributed by atoms with Gasteiger partial charge in [-0.3, -0.25) is 0 Å². The van der Waals surface area contributed by atoms with Crippen molar-refractivity contribution in [1.29, 1.82) is 0 Å². The number of hydrazone groups is 1. The van der Waals surface area contributed by atoms with Crippen molar-refractivity contribution >= 4 is 5.71 Å². The summed E-state index contributed by atoms with van der Waals surface area (Å²) >= 11 is 0. The summed E-state index contributed by atoms with van der Waals surface area (Å²) < 4.78 is 0. The smallest absolute Gasteiger partial charge is 0.0973 e. The van der Waals surface area contributed by atoms with Gasteiger partial charge in [-0.25, -0.2) is 0 Å². The summed E-state index contributed by atoms with van der Waals surface area (Å²) in [5.74, 6) is 0. The second-order valence-electron chi connectivity index (χ2n) is 5.13. The minimum Gasteiger partial charge on any atom is -0.308 e. The number of hydrogen-bond acceptors (Lipinski definition) is 3. The van der Waals surface area contributed by atoms with Gasteiger partial charge in [-0.15, -0.1) is 0 Å². The first-order valence-corrected chi connectivity index (χ1v) is 7.99. The van der Waals surface area contributed by atoms with Gasteiger partial charge >= 0.3 is 0 Å². The van der Waals surface area contributed by atoms with E-state index in [1.165, 1.54) is 0 Å². The van der Waals surface area contributed by atoms with Crippen LogP contribution < -0.4 is 5.43 Å². The lowest BCUT2D eigenvalue weighted by molar-refractivity contribution is 0.303. The van der Waals surface area contributed by atoms with Gasteiger partial charge in [0.2, 0.25) is 0 Å². The van der Waals surface area contributed by atoms with Crippen LogP contribution in [0, 0.1) is 0 Å². The van der Waals surface area contributed by atoms with E-state index in [4.69, 9.17) is 0 Å². The molecular weight excluding hydrogens is 270 g/mol. The number of nitrogens with one attached hydrogen (secondary N) is 1. The number of likely N-dealkylation sites (N-methyl/N-ethyl adjacent to an activating group) is 1. The molecule has 0 aliphatic heterocycles. The van der Waals surface area contributed by atoms with Crippen molar-refractivity contribution in [3.05, 3.63) is 71.8 Å². The first-order chi connectivity index (χ1) is 10.8. The molecule has 0 saturated carbocycles. The molecule has 116 valence electrons. The number of rotatable bonds is 8. The van der Waals surface area contributed by atoms with Crippen LogP contribution in [-0.2, 0) is 0 Å². The topological polar surface area (TPSA) is 27.6 Å². The molecule has 0 aliphatic carbocycles. The van der Waals surface area contributed by atoms with Gasteiger partial charge in [-0.05, 0) is 13.1 Å². The fourth-order valence-electron chi connectivity index (χ4n) is 2.37. The van der Waals surface area contributed by atoms with Crippen molar-refractivity contribution in [3.63, 3.8) is 0 Å². The lowest BCUT2D eigenvalue weighted by atomic mass is 10.0. The molecule has 3 heteroatoms. The molecule has 0 amide bonds. The molecule has 0 heterocycles. The quantitative estimate of drug-likeness (QED) is 0.459. The van der Waals surface area contributed by atoms with Crippen LogP contribution >= 0.6 is 0 Å². The zero-order valence-electron chi connectivity index (χ0n) is 13.5. The van der Waals surface area contributed by atoms with Crippen molar-refractivity contribution in [2.75, 3.05) is 26.2 Å². The van der Waals surface area contributed by atoms with Crippen LogP contribution in [0.4, 0.5) is 0 Å². The molecule has 22 heavy (non-hydrogen) atoms. The molecule has 0 radical (unpaired) electrons. The Kier molecular flexibility index (Phi) is 6.65. The molecule has 2 rings (SSSR count). The van der Waals surface area contributed by atoms with Crippen molar-refractivity contribution in [2.45, 2.75) is 13.8 Å². The van der Waals surface area contributed by atoms with E-state index in [0.717, 1.165) is 43.0 Å². The normalized spacial score (nSPS) is 10.5. The number of hydrogen-bond donors (Lipinski definition) is 1. The maximum atomic E-state index is 4.64. The van der Waals surface area contributed by atoms with E-state index in [-0.39, 0.29) is 0 Å². The number of benzene rings is 2. The highest BCUT2D eigenvalue weighted by molar-refractivity contribution is 6.12. The predicted molar refractivity (Wildman–Crippen MR) is 94.3 cm³/mol. The summed E-state index contributed by atoms with van der Waals surface area (Å²) in [6.45, 7) is 8.38. The minimum atomic E-state index is 0.852. The highest BCUT2D eigenvalue weighted by Gasteiger charge is 2.06. The summed E-state index contributed by atoms with van der Waals surface area (Å²) in [7, 11) is 0. The van der Waals surface area contributed by atoms with Gasteiger partial charge in [0, 0.05) is 24.2 Å². The van der Waals surface area contributed by atoms with Gasteiger partial charge < -0.3 is 10.3 Å². The summed E-state index contributed by atoms with van der Waals surface area (Å²) in [5, 5.41) is 4.64. The zero-order chi connectivity index (χ0) is 15.6.